The lowest BCUT2D eigenvalue weighted by Crippen LogP contribution is -2.13. The molecule has 1 N–H and O–H groups in total. The Morgan fingerprint density at radius 2 is 2.00 bits per heavy atom. The topological polar surface area (TPSA) is 38.3 Å². The third-order valence-corrected chi connectivity index (χ3v) is 2.86. The maximum Gasteiger partial charge on any atom is 0.255 e. The van der Waals surface area contributed by atoms with Crippen LogP contribution in [0.1, 0.15) is 15.9 Å². The van der Waals surface area contributed by atoms with Gasteiger partial charge < -0.3 is 10.1 Å². The van der Waals surface area contributed by atoms with Crippen molar-refractivity contribution in [3.05, 3.63) is 72.1 Å². The van der Waals surface area contributed by atoms with Crippen molar-refractivity contribution < 1.29 is 13.9 Å². The van der Waals surface area contributed by atoms with Crippen molar-refractivity contribution in [3.63, 3.8) is 0 Å². The third kappa shape index (κ3) is 3.92. The van der Waals surface area contributed by atoms with E-state index in [9.17, 15) is 9.18 Å². The minimum absolute atomic E-state index is 0.164. The van der Waals surface area contributed by atoms with Crippen molar-refractivity contribution in [2.45, 2.75) is 6.92 Å². The summed E-state index contributed by atoms with van der Waals surface area (Å²) in [5.41, 5.74) is 1.40. The Morgan fingerprint density at radius 3 is 2.62 bits per heavy atom. The first-order valence-electron chi connectivity index (χ1n) is 6.51. The molecule has 0 aromatic heterocycles. The van der Waals surface area contributed by atoms with E-state index >= 15 is 0 Å². The van der Waals surface area contributed by atoms with Crippen LogP contribution < -0.4 is 10.1 Å². The summed E-state index contributed by atoms with van der Waals surface area (Å²) in [7, 11) is 0. The fraction of sp³-hybridized carbons (Fsp3) is 0.118. The summed E-state index contributed by atoms with van der Waals surface area (Å²) in [6.45, 7) is 5.75. The molecule has 0 radical (unpaired) electrons. The fourth-order valence-corrected chi connectivity index (χ4v) is 1.77. The highest BCUT2D eigenvalue weighted by molar-refractivity contribution is 6.04. The molecular weight excluding hydrogens is 269 g/mol. The summed E-state index contributed by atoms with van der Waals surface area (Å²) in [5.74, 6) is -0.171. The Bertz CT molecular complexity index is 650. The maximum absolute atomic E-state index is 13.7. The van der Waals surface area contributed by atoms with Crippen molar-refractivity contribution >= 4 is 11.6 Å². The number of benzene rings is 2. The minimum atomic E-state index is -0.450. The zero-order valence-electron chi connectivity index (χ0n) is 11.7. The SMILES string of the molecule is C=CCOc1ccc(C(=O)Nc2ccc(C)cc2F)cc1. The number of nitrogens with one attached hydrogen (secondary N) is 1. The molecule has 0 spiro atoms. The molecule has 0 atom stereocenters. The summed E-state index contributed by atoms with van der Waals surface area (Å²) in [4.78, 5) is 12.0. The molecule has 0 aliphatic rings. The monoisotopic (exact) mass is 285 g/mol. The number of halogens is 1. The first-order chi connectivity index (χ1) is 10.1. The molecule has 0 heterocycles. The lowest BCUT2D eigenvalue weighted by atomic mass is 10.2. The number of rotatable bonds is 5. The third-order valence-electron chi connectivity index (χ3n) is 2.86. The van der Waals surface area contributed by atoms with Crippen molar-refractivity contribution in [2.24, 2.45) is 0 Å². The molecule has 0 bridgehead atoms. The van der Waals surface area contributed by atoms with Gasteiger partial charge >= 0.3 is 0 Å². The molecule has 2 rings (SSSR count). The molecule has 3 nitrogen and oxygen atoms in total. The van der Waals surface area contributed by atoms with Crippen molar-refractivity contribution in [2.75, 3.05) is 11.9 Å². The van der Waals surface area contributed by atoms with E-state index < -0.39 is 5.82 Å². The van der Waals surface area contributed by atoms with Gasteiger partial charge in [0.2, 0.25) is 0 Å². The average Bonchev–Trinajstić information content (AvgIpc) is 2.48. The number of carbonyl (C=O) groups is 1. The van der Waals surface area contributed by atoms with Gasteiger partial charge in [0.15, 0.2) is 0 Å². The van der Waals surface area contributed by atoms with Gasteiger partial charge in [-0.15, -0.1) is 0 Å². The highest BCUT2D eigenvalue weighted by Gasteiger charge is 2.09. The second-order valence-corrected chi connectivity index (χ2v) is 4.56. The quantitative estimate of drug-likeness (QED) is 0.845. The van der Waals surface area contributed by atoms with Crippen LogP contribution in [0.15, 0.2) is 55.1 Å². The molecule has 0 unspecified atom stereocenters. The van der Waals surface area contributed by atoms with E-state index in [2.05, 4.69) is 11.9 Å². The second-order valence-electron chi connectivity index (χ2n) is 4.56. The number of amides is 1. The normalized spacial score (nSPS) is 10.0. The zero-order chi connectivity index (χ0) is 15.2. The van der Waals surface area contributed by atoms with E-state index in [1.807, 2.05) is 0 Å². The number of anilines is 1. The van der Waals surface area contributed by atoms with Gasteiger partial charge in [-0.2, -0.15) is 0 Å². The van der Waals surface area contributed by atoms with E-state index in [0.29, 0.717) is 17.9 Å². The molecule has 0 fully saturated rings. The highest BCUT2D eigenvalue weighted by Crippen LogP contribution is 2.17. The van der Waals surface area contributed by atoms with Crippen LogP contribution in [0.4, 0.5) is 10.1 Å². The largest absolute Gasteiger partial charge is 0.490 e. The first-order valence-corrected chi connectivity index (χ1v) is 6.51. The molecule has 0 saturated carbocycles. The van der Waals surface area contributed by atoms with Gasteiger partial charge in [-0.05, 0) is 48.9 Å². The summed E-state index contributed by atoms with van der Waals surface area (Å²) in [6.07, 6.45) is 1.64. The summed E-state index contributed by atoms with van der Waals surface area (Å²) >= 11 is 0. The lowest BCUT2D eigenvalue weighted by Gasteiger charge is -2.08. The molecule has 0 aliphatic heterocycles. The van der Waals surface area contributed by atoms with Crippen LogP contribution >= 0.6 is 0 Å². The highest BCUT2D eigenvalue weighted by atomic mass is 19.1. The van der Waals surface area contributed by atoms with Crippen LogP contribution in [0.3, 0.4) is 0 Å². The Labute approximate surface area is 123 Å². The molecule has 4 heteroatoms. The van der Waals surface area contributed by atoms with Crippen LogP contribution in [-0.4, -0.2) is 12.5 Å². The number of hydrogen-bond acceptors (Lipinski definition) is 2. The minimum Gasteiger partial charge on any atom is -0.490 e. The van der Waals surface area contributed by atoms with Crippen LogP contribution in [-0.2, 0) is 0 Å². The van der Waals surface area contributed by atoms with Crippen LogP contribution in [0.5, 0.6) is 5.75 Å². The smallest absolute Gasteiger partial charge is 0.255 e. The van der Waals surface area contributed by atoms with Gasteiger partial charge in [0.25, 0.3) is 5.91 Å². The van der Waals surface area contributed by atoms with Crippen LogP contribution in [0.2, 0.25) is 0 Å². The summed E-state index contributed by atoms with van der Waals surface area (Å²) < 4.78 is 19.0. The molecule has 2 aromatic carbocycles. The molecule has 0 aliphatic carbocycles. The molecule has 21 heavy (non-hydrogen) atoms. The van der Waals surface area contributed by atoms with Gasteiger partial charge in [0.1, 0.15) is 18.2 Å². The summed E-state index contributed by atoms with van der Waals surface area (Å²) in [6, 6.07) is 11.3. The Morgan fingerprint density at radius 1 is 1.29 bits per heavy atom. The standard InChI is InChI=1S/C17H16FNO2/c1-3-10-21-14-7-5-13(6-8-14)17(20)19-16-9-4-12(2)11-15(16)18/h3-9,11H,1,10H2,2H3,(H,19,20). The number of hydrogen-bond donors (Lipinski definition) is 1. The number of ether oxygens (including phenoxy) is 1. The van der Waals surface area contributed by atoms with Gasteiger partial charge in [-0.1, -0.05) is 18.7 Å². The zero-order valence-corrected chi connectivity index (χ0v) is 11.7. The van der Waals surface area contributed by atoms with E-state index in [-0.39, 0.29) is 11.6 Å². The Hall–Kier alpha value is -2.62. The van der Waals surface area contributed by atoms with Crippen molar-refractivity contribution in [1.82, 2.24) is 0 Å². The molecule has 1 amide bonds. The van der Waals surface area contributed by atoms with E-state index in [1.165, 1.54) is 6.07 Å². The van der Waals surface area contributed by atoms with Crippen LogP contribution in [0, 0.1) is 12.7 Å². The van der Waals surface area contributed by atoms with Crippen molar-refractivity contribution in [1.29, 1.82) is 0 Å². The average molecular weight is 285 g/mol. The predicted octanol–water partition coefficient (Wildman–Crippen LogP) is 3.95. The maximum atomic E-state index is 13.7. The summed E-state index contributed by atoms with van der Waals surface area (Å²) in [5, 5.41) is 2.55. The molecular formula is C17H16FNO2. The first kappa shape index (κ1) is 14.8. The van der Waals surface area contributed by atoms with Gasteiger partial charge in [-0.3, -0.25) is 4.79 Å². The van der Waals surface area contributed by atoms with Gasteiger partial charge in [0, 0.05) is 5.56 Å². The van der Waals surface area contributed by atoms with Crippen molar-refractivity contribution in [3.8, 4) is 5.75 Å². The molecule has 108 valence electrons. The number of carbonyl (C=O) groups excluding carboxylic acids is 1. The predicted molar refractivity (Wildman–Crippen MR) is 81.2 cm³/mol. The Kier molecular flexibility index (Phi) is 4.72. The molecule has 2 aromatic rings. The van der Waals surface area contributed by atoms with E-state index in [0.717, 1.165) is 5.56 Å². The van der Waals surface area contributed by atoms with Gasteiger partial charge in [0.05, 0.1) is 5.69 Å². The van der Waals surface area contributed by atoms with E-state index in [4.69, 9.17) is 4.74 Å². The fourth-order valence-electron chi connectivity index (χ4n) is 1.77. The number of aryl methyl sites for hydroxylation is 1. The van der Waals surface area contributed by atoms with Gasteiger partial charge in [-0.25, -0.2) is 4.39 Å². The van der Waals surface area contributed by atoms with Crippen LogP contribution in [0.25, 0.3) is 0 Å². The Balaban J connectivity index is 2.07. The second kappa shape index (κ2) is 6.70. The molecule has 0 saturated heterocycles. The lowest BCUT2D eigenvalue weighted by molar-refractivity contribution is 0.102. The van der Waals surface area contributed by atoms with E-state index in [1.54, 1.807) is 49.4 Å².